The van der Waals surface area contributed by atoms with Crippen LogP contribution >= 0.6 is 0 Å². The zero-order valence-corrected chi connectivity index (χ0v) is 18.0. The number of ether oxygens (including phenoxy) is 1. The maximum atomic E-state index is 12.6. The molecule has 3 fully saturated rings. The number of piperazine rings is 1. The van der Waals surface area contributed by atoms with Gasteiger partial charge in [-0.3, -0.25) is 24.2 Å². The molecule has 0 N–H and O–H groups in total. The van der Waals surface area contributed by atoms with Crippen molar-refractivity contribution < 1.29 is 19.1 Å². The van der Waals surface area contributed by atoms with Crippen molar-refractivity contribution in [2.45, 2.75) is 45.1 Å². The maximum Gasteiger partial charge on any atom is 0.308 e. The highest BCUT2D eigenvalue weighted by molar-refractivity contribution is 5.79. The number of esters is 1. The molecule has 2 amide bonds. The number of rotatable bonds is 5. The van der Waals surface area contributed by atoms with Gasteiger partial charge in [0.05, 0.1) is 26.1 Å². The van der Waals surface area contributed by atoms with Crippen molar-refractivity contribution in [2.24, 2.45) is 5.92 Å². The largest absolute Gasteiger partial charge is 0.469 e. The first-order valence-corrected chi connectivity index (χ1v) is 11.1. The number of nitrogens with zero attached hydrogens (tertiary/aromatic N) is 4. The van der Waals surface area contributed by atoms with Crippen LogP contribution in [0.3, 0.4) is 0 Å². The average Bonchev–Trinajstić information content (AvgIpc) is 2.75. The van der Waals surface area contributed by atoms with E-state index in [1.807, 2.05) is 9.80 Å². The monoisotopic (exact) mass is 408 g/mol. The summed E-state index contributed by atoms with van der Waals surface area (Å²) in [7, 11) is 1.42. The number of hydrogen-bond donors (Lipinski definition) is 0. The molecule has 0 spiro atoms. The molecule has 29 heavy (non-hydrogen) atoms. The Bertz CT molecular complexity index is 583. The quantitative estimate of drug-likeness (QED) is 0.614. The van der Waals surface area contributed by atoms with Gasteiger partial charge in [-0.05, 0) is 39.0 Å². The van der Waals surface area contributed by atoms with Gasteiger partial charge < -0.3 is 14.5 Å². The second-order valence-corrected chi connectivity index (χ2v) is 8.66. The summed E-state index contributed by atoms with van der Waals surface area (Å²) in [5, 5.41) is 0. The molecule has 0 aromatic carbocycles. The molecule has 1 atom stereocenters. The Hall–Kier alpha value is -1.67. The van der Waals surface area contributed by atoms with Crippen LogP contribution in [-0.4, -0.2) is 109 Å². The predicted molar refractivity (Wildman–Crippen MR) is 109 cm³/mol. The van der Waals surface area contributed by atoms with Gasteiger partial charge in [-0.2, -0.15) is 0 Å². The number of carbonyl (C=O) groups is 3. The van der Waals surface area contributed by atoms with E-state index in [2.05, 4.69) is 16.7 Å². The predicted octanol–water partition coefficient (Wildman–Crippen LogP) is 0.417. The molecule has 8 heteroatoms. The summed E-state index contributed by atoms with van der Waals surface area (Å²) < 4.78 is 4.81. The summed E-state index contributed by atoms with van der Waals surface area (Å²) >= 11 is 0. The Morgan fingerprint density at radius 3 is 1.93 bits per heavy atom. The van der Waals surface area contributed by atoms with E-state index >= 15 is 0 Å². The number of hydrogen-bond acceptors (Lipinski definition) is 6. The number of piperidine rings is 2. The lowest BCUT2D eigenvalue weighted by atomic mass is 9.97. The SMILES string of the molecule is COC(=O)C1CCN(C(=O)CN2CCN(CC(=O)N3CCCCC3C)CC2)CC1. The van der Waals surface area contributed by atoms with Gasteiger partial charge >= 0.3 is 5.97 Å². The fourth-order valence-electron chi connectivity index (χ4n) is 4.68. The van der Waals surface area contributed by atoms with Crippen LogP contribution in [0.4, 0.5) is 0 Å². The minimum Gasteiger partial charge on any atom is -0.469 e. The van der Waals surface area contributed by atoms with E-state index in [0.717, 1.165) is 45.6 Å². The van der Waals surface area contributed by atoms with Gasteiger partial charge in [-0.1, -0.05) is 0 Å². The smallest absolute Gasteiger partial charge is 0.308 e. The van der Waals surface area contributed by atoms with Crippen LogP contribution in [0.15, 0.2) is 0 Å². The lowest BCUT2D eigenvalue weighted by Gasteiger charge is -2.38. The second kappa shape index (κ2) is 10.4. The van der Waals surface area contributed by atoms with Gasteiger partial charge in [0.2, 0.25) is 11.8 Å². The van der Waals surface area contributed by atoms with Gasteiger partial charge in [-0.15, -0.1) is 0 Å². The summed E-state index contributed by atoms with van der Waals surface area (Å²) in [6, 6.07) is 0.360. The van der Waals surface area contributed by atoms with Crippen molar-refractivity contribution >= 4 is 17.8 Å². The molecular formula is C21H36N4O4. The molecular weight excluding hydrogens is 372 g/mol. The molecule has 0 aromatic heterocycles. The van der Waals surface area contributed by atoms with E-state index in [1.165, 1.54) is 13.5 Å². The molecule has 0 saturated carbocycles. The standard InChI is InChI=1S/C21H36N4O4/c1-17-5-3-4-8-25(17)20(27)16-23-13-11-22(12-14-23)15-19(26)24-9-6-18(7-10-24)21(28)29-2/h17-18H,3-16H2,1-2H3. The van der Waals surface area contributed by atoms with Gasteiger partial charge in [0, 0.05) is 51.9 Å². The topological polar surface area (TPSA) is 73.4 Å². The number of amides is 2. The normalized spacial score (nSPS) is 25.1. The summed E-state index contributed by atoms with van der Waals surface area (Å²) in [5.41, 5.74) is 0. The van der Waals surface area contributed by atoms with Crippen LogP contribution in [-0.2, 0) is 19.1 Å². The molecule has 3 rings (SSSR count). The van der Waals surface area contributed by atoms with E-state index in [-0.39, 0.29) is 23.7 Å². The zero-order chi connectivity index (χ0) is 20.8. The fraction of sp³-hybridized carbons (Fsp3) is 0.857. The Morgan fingerprint density at radius 1 is 0.793 bits per heavy atom. The first-order valence-electron chi connectivity index (χ1n) is 11.1. The molecule has 8 nitrogen and oxygen atoms in total. The average molecular weight is 409 g/mol. The summed E-state index contributed by atoms with van der Waals surface area (Å²) in [5.74, 6) is 0.143. The minimum atomic E-state index is -0.165. The third kappa shape index (κ3) is 5.92. The van der Waals surface area contributed by atoms with Crippen LogP contribution < -0.4 is 0 Å². The lowest BCUT2D eigenvalue weighted by molar-refractivity contribution is -0.149. The first-order chi connectivity index (χ1) is 14.0. The van der Waals surface area contributed by atoms with E-state index < -0.39 is 0 Å². The van der Waals surface area contributed by atoms with Crippen molar-refractivity contribution in [1.82, 2.24) is 19.6 Å². The van der Waals surface area contributed by atoms with Crippen LogP contribution in [0.2, 0.25) is 0 Å². The maximum absolute atomic E-state index is 12.6. The van der Waals surface area contributed by atoms with Crippen molar-refractivity contribution in [3.8, 4) is 0 Å². The molecule has 3 heterocycles. The fourth-order valence-corrected chi connectivity index (χ4v) is 4.68. The van der Waals surface area contributed by atoms with E-state index in [1.54, 1.807) is 0 Å². The van der Waals surface area contributed by atoms with Crippen LogP contribution in [0.5, 0.6) is 0 Å². The minimum absolute atomic E-state index is 0.0762. The van der Waals surface area contributed by atoms with E-state index in [0.29, 0.717) is 45.1 Å². The summed E-state index contributed by atoms with van der Waals surface area (Å²) in [4.78, 5) is 45.1. The third-order valence-electron chi connectivity index (χ3n) is 6.69. The van der Waals surface area contributed by atoms with Gasteiger partial charge in [0.25, 0.3) is 0 Å². The number of carbonyl (C=O) groups excluding carboxylic acids is 3. The Morgan fingerprint density at radius 2 is 1.38 bits per heavy atom. The molecule has 0 radical (unpaired) electrons. The van der Waals surface area contributed by atoms with Crippen LogP contribution in [0.1, 0.15) is 39.0 Å². The van der Waals surface area contributed by atoms with Crippen molar-refractivity contribution in [2.75, 3.05) is 66.0 Å². The Labute approximate surface area is 174 Å². The Balaban J connectivity index is 1.36. The van der Waals surface area contributed by atoms with E-state index in [9.17, 15) is 14.4 Å². The van der Waals surface area contributed by atoms with Crippen molar-refractivity contribution in [3.05, 3.63) is 0 Å². The highest BCUT2D eigenvalue weighted by atomic mass is 16.5. The molecule has 0 aliphatic carbocycles. The van der Waals surface area contributed by atoms with Crippen molar-refractivity contribution in [1.29, 1.82) is 0 Å². The van der Waals surface area contributed by atoms with Gasteiger partial charge in [-0.25, -0.2) is 0 Å². The second-order valence-electron chi connectivity index (χ2n) is 8.66. The first kappa shape index (κ1) is 22.0. The number of methoxy groups -OCH3 is 1. The summed E-state index contributed by atoms with van der Waals surface area (Å²) in [6.07, 6.45) is 4.81. The number of likely N-dealkylation sites (tertiary alicyclic amines) is 2. The van der Waals surface area contributed by atoms with Gasteiger partial charge in [0.15, 0.2) is 0 Å². The Kier molecular flexibility index (Phi) is 7.89. The highest BCUT2D eigenvalue weighted by Gasteiger charge is 2.30. The zero-order valence-electron chi connectivity index (χ0n) is 18.0. The summed E-state index contributed by atoms with van der Waals surface area (Å²) in [6.45, 7) is 8.48. The molecule has 3 aliphatic rings. The molecule has 1 unspecified atom stereocenters. The molecule has 164 valence electrons. The third-order valence-corrected chi connectivity index (χ3v) is 6.69. The van der Waals surface area contributed by atoms with Crippen LogP contribution in [0.25, 0.3) is 0 Å². The van der Waals surface area contributed by atoms with Gasteiger partial charge in [0.1, 0.15) is 0 Å². The highest BCUT2D eigenvalue weighted by Crippen LogP contribution is 2.19. The molecule has 0 aromatic rings. The molecule has 0 bridgehead atoms. The van der Waals surface area contributed by atoms with E-state index in [4.69, 9.17) is 4.74 Å². The van der Waals surface area contributed by atoms with Crippen molar-refractivity contribution in [3.63, 3.8) is 0 Å². The molecule has 3 aliphatic heterocycles. The molecule has 3 saturated heterocycles. The van der Waals surface area contributed by atoms with Crippen LogP contribution in [0, 0.1) is 5.92 Å². The lowest BCUT2D eigenvalue weighted by Crippen LogP contribution is -2.54.